The van der Waals surface area contributed by atoms with Crippen molar-refractivity contribution in [1.82, 2.24) is 19.1 Å². The maximum Gasteiger partial charge on any atom is 0.329 e. The molecule has 0 saturated carbocycles. The Kier molecular flexibility index (Phi) is 5.86. The predicted molar refractivity (Wildman–Crippen MR) is 107 cm³/mol. The molecule has 3 rings (SSSR count). The molecular weight excluding hydrogens is 388 g/mol. The molecule has 1 aromatic carbocycles. The van der Waals surface area contributed by atoms with Gasteiger partial charge in [0.1, 0.15) is 0 Å². The van der Waals surface area contributed by atoms with Crippen molar-refractivity contribution in [3.8, 4) is 0 Å². The van der Waals surface area contributed by atoms with E-state index in [1.807, 2.05) is 0 Å². The molecule has 27 heavy (non-hydrogen) atoms. The van der Waals surface area contributed by atoms with Gasteiger partial charge in [-0.2, -0.15) is 0 Å². The molecule has 1 N–H and O–H groups in total. The molecule has 142 valence electrons. The first kappa shape index (κ1) is 19.4. The van der Waals surface area contributed by atoms with Gasteiger partial charge in [-0.3, -0.25) is 19.1 Å². The van der Waals surface area contributed by atoms with Crippen LogP contribution in [0.2, 0.25) is 5.02 Å². The van der Waals surface area contributed by atoms with Crippen molar-refractivity contribution in [2.24, 2.45) is 7.05 Å². The van der Waals surface area contributed by atoms with Gasteiger partial charge in [0, 0.05) is 24.2 Å². The smallest absolute Gasteiger partial charge is 0.313 e. The van der Waals surface area contributed by atoms with Crippen LogP contribution in [0, 0.1) is 0 Å². The molecule has 0 aliphatic carbocycles. The van der Waals surface area contributed by atoms with Crippen LogP contribution in [0.3, 0.4) is 0 Å². The van der Waals surface area contributed by atoms with Crippen molar-refractivity contribution >= 4 is 40.3 Å². The van der Waals surface area contributed by atoms with Crippen LogP contribution >= 0.6 is 23.4 Å². The number of unbranched alkanes of at least 4 members (excludes halogenated alkanes) is 1. The minimum atomic E-state index is -0.513. The second kappa shape index (κ2) is 8.14. The van der Waals surface area contributed by atoms with Gasteiger partial charge in [-0.15, -0.1) is 0 Å². The van der Waals surface area contributed by atoms with Gasteiger partial charge in [-0.1, -0.05) is 36.7 Å². The summed E-state index contributed by atoms with van der Waals surface area (Å²) >= 11 is 7.11. The summed E-state index contributed by atoms with van der Waals surface area (Å²) in [7, 11) is 1.56. The Morgan fingerprint density at radius 3 is 2.63 bits per heavy atom. The number of thioether (sulfide) groups is 1. The van der Waals surface area contributed by atoms with E-state index in [1.54, 1.807) is 35.9 Å². The number of hydrogen-bond acceptors (Lipinski definition) is 5. The number of benzene rings is 1. The number of rotatable bonds is 7. The van der Waals surface area contributed by atoms with Crippen LogP contribution in [0.5, 0.6) is 0 Å². The van der Waals surface area contributed by atoms with E-state index >= 15 is 0 Å². The van der Waals surface area contributed by atoms with Gasteiger partial charge in [0.15, 0.2) is 22.1 Å². The van der Waals surface area contributed by atoms with E-state index in [0.29, 0.717) is 33.5 Å². The molecule has 9 heteroatoms. The zero-order valence-corrected chi connectivity index (χ0v) is 16.6. The lowest BCUT2D eigenvalue weighted by Gasteiger charge is -2.07. The Balaban J connectivity index is 1.95. The lowest BCUT2D eigenvalue weighted by atomic mass is 10.1. The summed E-state index contributed by atoms with van der Waals surface area (Å²) in [5.41, 5.74) is 0.260. The van der Waals surface area contributed by atoms with E-state index in [4.69, 9.17) is 11.6 Å². The maximum absolute atomic E-state index is 12.4. The number of aryl methyl sites for hydroxylation is 2. The number of nitrogens with zero attached hydrogens (tertiary/aromatic N) is 3. The first-order chi connectivity index (χ1) is 12.9. The maximum atomic E-state index is 12.4. The third kappa shape index (κ3) is 4.01. The van der Waals surface area contributed by atoms with Gasteiger partial charge < -0.3 is 4.57 Å². The highest BCUT2D eigenvalue weighted by Crippen LogP contribution is 2.23. The van der Waals surface area contributed by atoms with Crippen LogP contribution in [0.15, 0.2) is 39.0 Å². The largest absolute Gasteiger partial charge is 0.329 e. The summed E-state index contributed by atoms with van der Waals surface area (Å²) in [4.78, 5) is 43.4. The van der Waals surface area contributed by atoms with Crippen molar-refractivity contribution < 1.29 is 4.79 Å². The number of Topliss-reactive ketones (excluding diaryl/α,β-unsaturated/α-hetero) is 1. The third-order valence-electron chi connectivity index (χ3n) is 4.21. The highest BCUT2D eigenvalue weighted by molar-refractivity contribution is 7.99. The number of H-pyrrole nitrogens is 1. The number of carbonyl (C=O) groups excluding carboxylic acids is 1. The van der Waals surface area contributed by atoms with E-state index in [2.05, 4.69) is 16.9 Å². The fraction of sp³-hybridized carbons (Fsp3) is 0.333. The molecular formula is C18H19ClN4O3S. The molecule has 0 amide bonds. The van der Waals surface area contributed by atoms with E-state index in [1.165, 1.54) is 16.3 Å². The fourth-order valence-corrected chi connectivity index (χ4v) is 3.74. The summed E-state index contributed by atoms with van der Waals surface area (Å²) in [6.45, 7) is 2.64. The summed E-state index contributed by atoms with van der Waals surface area (Å²) in [6.07, 6.45) is 1.80. The fourth-order valence-electron chi connectivity index (χ4n) is 2.70. The van der Waals surface area contributed by atoms with Crippen molar-refractivity contribution in [2.75, 3.05) is 5.75 Å². The normalized spacial score (nSPS) is 11.2. The Bertz CT molecular complexity index is 1100. The molecule has 0 bridgehead atoms. The number of fused-ring (bicyclic) bond motifs is 1. The Labute approximate surface area is 164 Å². The third-order valence-corrected chi connectivity index (χ3v) is 5.43. The lowest BCUT2D eigenvalue weighted by Crippen LogP contribution is -2.29. The molecule has 0 spiro atoms. The number of hydrogen-bond donors (Lipinski definition) is 1. The summed E-state index contributed by atoms with van der Waals surface area (Å²) in [5.74, 6) is 0.108. The highest BCUT2D eigenvalue weighted by atomic mass is 35.5. The summed E-state index contributed by atoms with van der Waals surface area (Å²) < 4.78 is 3.10. The van der Waals surface area contributed by atoms with Gasteiger partial charge in [-0.25, -0.2) is 9.78 Å². The van der Waals surface area contributed by atoms with Crippen LogP contribution in [0.1, 0.15) is 30.1 Å². The summed E-state index contributed by atoms with van der Waals surface area (Å²) in [5, 5.41) is 1.12. The van der Waals surface area contributed by atoms with Crippen LogP contribution in [-0.2, 0) is 13.6 Å². The van der Waals surface area contributed by atoms with Gasteiger partial charge in [0.2, 0.25) is 0 Å². The van der Waals surface area contributed by atoms with Gasteiger partial charge >= 0.3 is 5.69 Å². The molecule has 0 radical (unpaired) electrons. The van der Waals surface area contributed by atoms with Crippen LogP contribution < -0.4 is 11.2 Å². The minimum absolute atomic E-state index is 0.0615. The standard InChI is InChI=1S/C18H19ClN4O3S/c1-3-4-9-23-14-15(22(2)17(26)21-16(14)25)20-18(23)27-10-13(24)11-5-7-12(19)8-6-11/h5-8H,3-4,9-10H2,1-2H3,(H,21,25,26). The number of nitrogens with one attached hydrogen (secondary N) is 1. The molecule has 0 aliphatic heterocycles. The zero-order chi connectivity index (χ0) is 19.6. The lowest BCUT2D eigenvalue weighted by molar-refractivity contribution is 0.102. The Hall–Kier alpha value is -2.32. The van der Waals surface area contributed by atoms with E-state index < -0.39 is 11.2 Å². The van der Waals surface area contributed by atoms with Crippen molar-refractivity contribution in [2.45, 2.75) is 31.5 Å². The molecule has 3 aromatic rings. The van der Waals surface area contributed by atoms with Crippen LogP contribution in [0.25, 0.3) is 11.2 Å². The van der Waals surface area contributed by atoms with Gasteiger partial charge in [0.05, 0.1) is 5.75 Å². The van der Waals surface area contributed by atoms with E-state index in [0.717, 1.165) is 12.8 Å². The second-order valence-electron chi connectivity index (χ2n) is 6.11. The monoisotopic (exact) mass is 406 g/mol. The molecule has 0 aliphatic rings. The minimum Gasteiger partial charge on any atom is -0.313 e. The summed E-state index contributed by atoms with van der Waals surface area (Å²) in [6, 6.07) is 6.70. The number of imidazole rings is 1. The van der Waals surface area contributed by atoms with Crippen molar-refractivity contribution in [3.05, 3.63) is 55.7 Å². The zero-order valence-electron chi connectivity index (χ0n) is 15.0. The quantitative estimate of drug-likeness (QED) is 0.481. The number of aromatic amines is 1. The number of halogens is 1. The van der Waals surface area contributed by atoms with Crippen LogP contribution in [0.4, 0.5) is 0 Å². The van der Waals surface area contributed by atoms with Crippen molar-refractivity contribution in [1.29, 1.82) is 0 Å². The second-order valence-corrected chi connectivity index (χ2v) is 7.49. The molecule has 0 unspecified atom stereocenters. The van der Waals surface area contributed by atoms with Gasteiger partial charge in [-0.05, 0) is 30.7 Å². The average Bonchev–Trinajstić information content (AvgIpc) is 3.02. The molecule has 2 aromatic heterocycles. The first-order valence-corrected chi connectivity index (χ1v) is 9.89. The van der Waals surface area contributed by atoms with Crippen LogP contribution in [-0.4, -0.2) is 30.6 Å². The molecule has 2 heterocycles. The number of carbonyl (C=O) groups is 1. The molecule has 0 fully saturated rings. The first-order valence-electron chi connectivity index (χ1n) is 8.53. The predicted octanol–water partition coefficient (Wildman–Crippen LogP) is 2.85. The van der Waals surface area contributed by atoms with E-state index in [-0.39, 0.29) is 11.5 Å². The molecule has 7 nitrogen and oxygen atoms in total. The number of aromatic nitrogens is 4. The number of ketones is 1. The molecule has 0 saturated heterocycles. The Morgan fingerprint density at radius 1 is 1.26 bits per heavy atom. The topological polar surface area (TPSA) is 89.8 Å². The SMILES string of the molecule is CCCCn1c(SCC(=O)c2ccc(Cl)cc2)nc2c1c(=O)[nH]c(=O)n2C. The average molecular weight is 407 g/mol. The van der Waals surface area contributed by atoms with Crippen molar-refractivity contribution in [3.63, 3.8) is 0 Å². The van der Waals surface area contributed by atoms with Gasteiger partial charge in [0.25, 0.3) is 5.56 Å². The van der Waals surface area contributed by atoms with E-state index in [9.17, 15) is 14.4 Å². The Morgan fingerprint density at radius 2 is 1.96 bits per heavy atom. The molecule has 0 atom stereocenters. The highest BCUT2D eigenvalue weighted by Gasteiger charge is 2.18.